The van der Waals surface area contributed by atoms with Gasteiger partial charge in [-0.15, -0.1) is 0 Å². The topological polar surface area (TPSA) is 21.6 Å². The first kappa shape index (κ1) is 18.6. The van der Waals surface area contributed by atoms with Crippen molar-refractivity contribution in [2.45, 2.75) is 13.5 Å². The van der Waals surface area contributed by atoms with Crippen LogP contribution in [0.1, 0.15) is 16.7 Å². The first-order valence-electron chi connectivity index (χ1n) is 7.99. The van der Waals surface area contributed by atoms with Crippen molar-refractivity contribution in [2.24, 2.45) is 4.99 Å². The van der Waals surface area contributed by atoms with E-state index in [2.05, 4.69) is 20.9 Å². The van der Waals surface area contributed by atoms with Gasteiger partial charge in [-0.2, -0.15) is 0 Å². The van der Waals surface area contributed by atoms with Crippen molar-refractivity contribution in [1.82, 2.24) is 0 Å². The van der Waals surface area contributed by atoms with E-state index in [1.165, 1.54) is 6.07 Å². The molecular formula is C21H16BrClFNO. The van der Waals surface area contributed by atoms with Gasteiger partial charge in [-0.05, 0) is 70.4 Å². The van der Waals surface area contributed by atoms with Crippen LogP contribution < -0.4 is 4.74 Å². The average molecular weight is 433 g/mol. The summed E-state index contributed by atoms with van der Waals surface area (Å²) >= 11 is 9.60. The molecule has 3 aromatic carbocycles. The maximum Gasteiger partial charge on any atom is 0.134 e. The Labute approximate surface area is 165 Å². The van der Waals surface area contributed by atoms with Gasteiger partial charge in [0.05, 0.1) is 10.2 Å². The average Bonchev–Trinajstić information content (AvgIpc) is 2.63. The molecule has 0 N–H and O–H groups in total. The zero-order valence-electron chi connectivity index (χ0n) is 14.0. The van der Waals surface area contributed by atoms with Crippen molar-refractivity contribution in [1.29, 1.82) is 0 Å². The summed E-state index contributed by atoms with van der Waals surface area (Å²) in [5, 5.41) is 0.692. The fraction of sp³-hybridized carbons (Fsp3) is 0.0952. The predicted octanol–water partition coefficient (Wildman–Crippen LogP) is 6.88. The van der Waals surface area contributed by atoms with Crippen LogP contribution in [-0.4, -0.2) is 6.21 Å². The maximum absolute atomic E-state index is 13.7. The molecule has 0 bridgehead atoms. The molecule has 0 saturated carbocycles. The number of nitrogens with zero attached hydrogens (tertiary/aromatic N) is 1. The number of halogens is 3. The molecule has 0 radical (unpaired) electrons. The maximum atomic E-state index is 13.7. The molecular weight excluding hydrogens is 417 g/mol. The lowest BCUT2D eigenvalue weighted by atomic mass is 10.2. The van der Waals surface area contributed by atoms with Crippen molar-refractivity contribution >= 4 is 39.4 Å². The molecule has 2 nitrogen and oxygen atoms in total. The summed E-state index contributed by atoms with van der Waals surface area (Å²) in [5.74, 6) is 0.369. The highest BCUT2D eigenvalue weighted by atomic mass is 79.9. The van der Waals surface area contributed by atoms with Gasteiger partial charge in [0.25, 0.3) is 0 Å². The van der Waals surface area contributed by atoms with Gasteiger partial charge < -0.3 is 4.74 Å². The molecule has 132 valence electrons. The summed E-state index contributed by atoms with van der Waals surface area (Å²) in [6.07, 6.45) is 1.77. The lowest BCUT2D eigenvalue weighted by Gasteiger charge is -2.09. The number of hydrogen-bond acceptors (Lipinski definition) is 2. The van der Waals surface area contributed by atoms with Crippen molar-refractivity contribution in [3.63, 3.8) is 0 Å². The molecule has 3 aromatic rings. The molecule has 0 saturated heterocycles. The fourth-order valence-corrected chi connectivity index (χ4v) is 3.05. The van der Waals surface area contributed by atoms with Crippen LogP contribution in [0.25, 0.3) is 0 Å². The van der Waals surface area contributed by atoms with E-state index in [1.807, 2.05) is 43.3 Å². The third-order valence-corrected chi connectivity index (χ3v) is 4.92. The molecule has 0 aliphatic heterocycles. The first-order valence-corrected chi connectivity index (χ1v) is 9.16. The van der Waals surface area contributed by atoms with Crippen LogP contribution in [0.2, 0.25) is 5.02 Å². The molecule has 26 heavy (non-hydrogen) atoms. The zero-order chi connectivity index (χ0) is 18.5. The number of aliphatic imine (C=N–C) groups is 1. The summed E-state index contributed by atoms with van der Waals surface area (Å²) < 4.78 is 20.1. The van der Waals surface area contributed by atoms with E-state index in [1.54, 1.807) is 24.4 Å². The summed E-state index contributed by atoms with van der Waals surface area (Å²) in [6, 6.07) is 17.8. The van der Waals surface area contributed by atoms with Gasteiger partial charge in [0.15, 0.2) is 0 Å². The molecule has 0 aliphatic rings. The van der Waals surface area contributed by atoms with Gasteiger partial charge in [-0.3, -0.25) is 4.99 Å². The molecule has 0 spiro atoms. The van der Waals surface area contributed by atoms with Gasteiger partial charge in [0, 0.05) is 16.8 Å². The highest BCUT2D eigenvalue weighted by Crippen LogP contribution is 2.28. The quantitative estimate of drug-likeness (QED) is 0.403. The smallest absolute Gasteiger partial charge is 0.134 e. The van der Waals surface area contributed by atoms with Gasteiger partial charge in [0.1, 0.15) is 18.2 Å². The summed E-state index contributed by atoms with van der Waals surface area (Å²) in [7, 11) is 0. The largest absolute Gasteiger partial charge is 0.488 e. The van der Waals surface area contributed by atoms with Crippen LogP contribution >= 0.6 is 27.5 Å². The Morgan fingerprint density at radius 2 is 1.92 bits per heavy atom. The molecule has 0 heterocycles. The highest BCUT2D eigenvalue weighted by Gasteiger charge is 2.06. The highest BCUT2D eigenvalue weighted by molar-refractivity contribution is 9.10. The lowest BCUT2D eigenvalue weighted by Crippen LogP contribution is -1.99. The third-order valence-electron chi connectivity index (χ3n) is 3.89. The van der Waals surface area contributed by atoms with E-state index in [-0.39, 0.29) is 12.4 Å². The molecule has 0 amide bonds. The lowest BCUT2D eigenvalue weighted by molar-refractivity contribution is 0.298. The minimum atomic E-state index is -0.274. The summed E-state index contributed by atoms with van der Waals surface area (Å²) in [5.41, 5.74) is 3.19. The number of hydrogen-bond donors (Lipinski definition) is 0. The van der Waals surface area contributed by atoms with Gasteiger partial charge in [-0.1, -0.05) is 35.9 Å². The Balaban J connectivity index is 1.72. The van der Waals surface area contributed by atoms with E-state index >= 15 is 0 Å². The molecule has 5 heteroatoms. The Morgan fingerprint density at radius 1 is 1.12 bits per heavy atom. The second-order valence-corrected chi connectivity index (χ2v) is 6.97. The SMILES string of the molecule is Cc1c(Cl)cccc1N=Cc1ccc(OCc2ccccc2F)c(Br)c1. The normalized spacial score (nSPS) is 11.1. The molecule has 0 atom stereocenters. The Morgan fingerprint density at radius 3 is 2.69 bits per heavy atom. The third kappa shape index (κ3) is 4.51. The molecule has 0 aromatic heterocycles. The Hall–Kier alpha value is -2.17. The van der Waals surface area contributed by atoms with E-state index in [0.29, 0.717) is 16.3 Å². The summed E-state index contributed by atoms with van der Waals surface area (Å²) in [6.45, 7) is 2.10. The number of benzene rings is 3. The van der Waals surface area contributed by atoms with Crippen molar-refractivity contribution in [3.8, 4) is 5.75 Å². The fourth-order valence-electron chi connectivity index (χ4n) is 2.37. The molecule has 0 fully saturated rings. The van der Waals surface area contributed by atoms with Crippen molar-refractivity contribution in [2.75, 3.05) is 0 Å². The van der Waals surface area contributed by atoms with Crippen LogP contribution in [0.15, 0.2) is 70.1 Å². The second kappa shape index (κ2) is 8.47. The van der Waals surface area contributed by atoms with E-state index in [9.17, 15) is 4.39 Å². The van der Waals surface area contributed by atoms with Gasteiger partial charge in [0.2, 0.25) is 0 Å². The number of rotatable bonds is 5. The van der Waals surface area contributed by atoms with E-state index in [0.717, 1.165) is 21.3 Å². The van der Waals surface area contributed by atoms with Crippen LogP contribution in [0, 0.1) is 12.7 Å². The van der Waals surface area contributed by atoms with Crippen LogP contribution in [-0.2, 0) is 6.61 Å². The van der Waals surface area contributed by atoms with Crippen LogP contribution in [0.5, 0.6) is 5.75 Å². The van der Waals surface area contributed by atoms with Gasteiger partial charge in [-0.25, -0.2) is 4.39 Å². The van der Waals surface area contributed by atoms with Crippen LogP contribution in [0.4, 0.5) is 10.1 Å². The van der Waals surface area contributed by atoms with Crippen molar-refractivity contribution in [3.05, 3.63) is 92.7 Å². The second-order valence-electron chi connectivity index (χ2n) is 5.71. The zero-order valence-corrected chi connectivity index (χ0v) is 16.4. The van der Waals surface area contributed by atoms with E-state index in [4.69, 9.17) is 16.3 Å². The number of ether oxygens (including phenoxy) is 1. The van der Waals surface area contributed by atoms with E-state index < -0.39 is 0 Å². The Bertz CT molecular complexity index is 958. The first-order chi connectivity index (χ1) is 12.5. The van der Waals surface area contributed by atoms with Crippen molar-refractivity contribution < 1.29 is 9.13 Å². The molecule has 3 rings (SSSR count). The standard InChI is InChI=1S/C21H16BrClFNO/c1-14-18(23)6-4-8-20(14)25-12-15-9-10-21(17(22)11-15)26-13-16-5-2-3-7-19(16)24/h2-12H,13H2,1H3. The molecule has 0 aliphatic carbocycles. The van der Waals surface area contributed by atoms with Crippen LogP contribution in [0.3, 0.4) is 0 Å². The monoisotopic (exact) mass is 431 g/mol. The predicted molar refractivity (Wildman–Crippen MR) is 108 cm³/mol. The minimum absolute atomic E-state index is 0.167. The van der Waals surface area contributed by atoms with Gasteiger partial charge >= 0.3 is 0 Å². The summed E-state index contributed by atoms with van der Waals surface area (Å²) in [4.78, 5) is 4.49. The minimum Gasteiger partial charge on any atom is -0.488 e. The molecule has 0 unspecified atom stereocenters. The Kier molecular flexibility index (Phi) is 6.07.